The van der Waals surface area contributed by atoms with E-state index in [9.17, 15) is 14.0 Å². The fraction of sp³-hybridized carbons (Fsp3) is 0.556. The third-order valence-electron chi connectivity index (χ3n) is 4.26. The number of carboxylic acid groups (broad SMARTS) is 1. The Hall–Kier alpha value is -2.11. The lowest BCUT2D eigenvalue weighted by molar-refractivity contribution is -0.137. The average molecular weight is 337 g/mol. The van der Waals surface area contributed by atoms with Gasteiger partial charge in [0.15, 0.2) is 0 Å². The first-order valence-electron chi connectivity index (χ1n) is 8.42. The number of piperidine rings is 1. The van der Waals surface area contributed by atoms with Crippen LogP contribution in [-0.2, 0) is 9.59 Å². The molecule has 132 valence electrons. The van der Waals surface area contributed by atoms with Crippen LogP contribution in [0.4, 0.5) is 4.39 Å². The molecule has 1 aromatic carbocycles. The molecule has 1 atom stereocenters. The van der Waals surface area contributed by atoms with E-state index in [0.29, 0.717) is 38.2 Å². The third kappa shape index (κ3) is 6.18. The van der Waals surface area contributed by atoms with Crippen molar-refractivity contribution in [1.29, 1.82) is 0 Å². The molecule has 0 aliphatic carbocycles. The van der Waals surface area contributed by atoms with Gasteiger partial charge in [-0.1, -0.05) is 0 Å². The molecular formula is C18H24FNO4. The van der Waals surface area contributed by atoms with E-state index in [1.54, 1.807) is 12.1 Å². The molecule has 1 aliphatic heterocycles. The van der Waals surface area contributed by atoms with Crippen LogP contribution in [0.1, 0.15) is 38.5 Å². The summed E-state index contributed by atoms with van der Waals surface area (Å²) >= 11 is 0. The summed E-state index contributed by atoms with van der Waals surface area (Å²) in [6.07, 6.45) is 3.73. The largest absolute Gasteiger partial charge is 0.494 e. The van der Waals surface area contributed by atoms with Gasteiger partial charge in [-0.15, -0.1) is 0 Å². The second kappa shape index (κ2) is 9.25. The second-order valence-corrected chi connectivity index (χ2v) is 6.19. The number of hydrogen-bond acceptors (Lipinski definition) is 3. The molecule has 0 bridgehead atoms. The summed E-state index contributed by atoms with van der Waals surface area (Å²) in [4.78, 5) is 24.7. The minimum atomic E-state index is -0.781. The van der Waals surface area contributed by atoms with E-state index in [0.717, 1.165) is 19.4 Å². The number of rotatable bonds is 8. The Morgan fingerprint density at radius 2 is 2.00 bits per heavy atom. The Bertz CT molecular complexity index is 546. The molecule has 1 aliphatic rings. The summed E-state index contributed by atoms with van der Waals surface area (Å²) < 4.78 is 18.3. The van der Waals surface area contributed by atoms with Crippen molar-refractivity contribution in [1.82, 2.24) is 4.90 Å². The normalized spacial score (nSPS) is 17.5. The van der Waals surface area contributed by atoms with E-state index in [4.69, 9.17) is 9.84 Å². The number of carbonyl (C=O) groups is 2. The number of halogens is 1. The van der Waals surface area contributed by atoms with Crippen LogP contribution in [0.3, 0.4) is 0 Å². The van der Waals surface area contributed by atoms with Gasteiger partial charge in [-0.2, -0.15) is 0 Å². The maximum absolute atomic E-state index is 12.8. The van der Waals surface area contributed by atoms with Crippen molar-refractivity contribution in [3.63, 3.8) is 0 Å². The van der Waals surface area contributed by atoms with E-state index in [2.05, 4.69) is 0 Å². The maximum atomic E-state index is 12.8. The molecule has 1 saturated heterocycles. The Morgan fingerprint density at radius 3 is 2.71 bits per heavy atom. The second-order valence-electron chi connectivity index (χ2n) is 6.19. The van der Waals surface area contributed by atoms with Crippen LogP contribution < -0.4 is 4.74 Å². The number of carboxylic acids is 1. The van der Waals surface area contributed by atoms with Crippen LogP contribution in [0.25, 0.3) is 0 Å². The zero-order chi connectivity index (χ0) is 17.4. The molecule has 0 radical (unpaired) electrons. The van der Waals surface area contributed by atoms with Gasteiger partial charge in [0.25, 0.3) is 0 Å². The van der Waals surface area contributed by atoms with Gasteiger partial charge in [0.2, 0.25) is 5.91 Å². The molecule has 24 heavy (non-hydrogen) atoms. The molecule has 0 spiro atoms. The van der Waals surface area contributed by atoms with Crippen molar-refractivity contribution < 1.29 is 23.8 Å². The van der Waals surface area contributed by atoms with Crippen LogP contribution in [0.2, 0.25) is 0 Å². The summed E-state index contributed by atoms with van der Waals surface area (Å²) in [6, 6.07) is 5.81. The summed E-state index contributed by atoms with van der Waals surface area (Å²) in [7, 11) is 0. The molecule has 1 aromatic rings. The number of nitrogens with zero attached hydrogens (tertiary/aromatic N) is 1. The molecule has 6 heteroatoms. The number of carbonyl (C=O) groups excluding carboxylic acids is 1. The lowest BCUT2D eigenvalue weighted by Crippen LogP contribution is -2.40. The van der Waals surface area contributed by atoms with E-state index < -0.39 is 5.97 Å². The number of hydrogen-bond donors (Lipinski definition) is 1. The number of likely N-dealkylation sites (tertiary alicyclic amines) is 1. The number of amides is 1. The van der Waals surface area contributed by atoms with Gasteiger partial charge in [0.05, 0.1) is 6.61 Å². The molecule has 1 amide bonds. The summed E-state index contributed by atoms with van der Waals surface area (Å²) in [5.74, 6) is -0.112. The van der Waals surface area contributed by atoms with Crippen LogP contribution >= 0.6 is 0 Å². The van der Waals surface area contributed by atoms with Crippen molar-refractivity contribution in [2.75, 3.05) is 19.7 Å². The lowest BCUT2D eigenvalue weighted by atomic mass is 9.93. The minimum Gasteiger partial charge on any atom is -0.494 e. The molecule has 0 saturated carbocycles. The molecule has 0 aromatic heterocycles. The predicted molar refractivity (Wildman–Crippen MR) is 87.3 cm³/mol. The van der Waals surface area contributed by atoms with Gasteiger partial charge >= 0.3 is 5.97 Å². The fourth-order valence-corrected chi connectivity index (χ4v) is 2.96. The van der Waals surface area contributed by atoms with Crippen LogP contribution in [0, 0.1) is 11.7 Å². The fourth-order valence-electron chi connectivity index (χ4n) is 2.96. The van der Waals surface area contributed by atoms with E-state index in [1.807, 2.05) is 4.90 Å². The van der Waals surface area contributed by atoms with Crippen molar-refractivity contribution in [3.05, 3.63) is 30.1 Å². The van der Waals surface area contributed by atoms with Crippen LogP contribution in [-0.4, -0.2) is 41.6 Å². The zero-order valence-corrected chi connectivity index (χ0v) is 13.7. The van der Waals surface area contributed by atoms with E-state index in [-0.39, 0.29) is 24.1 Å². The Morgan fingerprint density at radius 1 is 1.25 bits per heavy atom. The van der Waals surface area contributed by atoms with Gasteiger partial charge in [-0.25, -0.2) is 4.39 Å². The first-order valence-corrected chi connectivity index (χ1v) is 8.42. The maximum Gasteiger partial charge on any atom is 0.303 e. The first-order chi connectivity index (χ1) is 11.5. The highest BCUT2D eigenvalue weighted by molar-refractivity contribution is 5.76. The Kier molecular flexibility index (Phi) is 7.03. The van der Waals surface area contributed by atoms with Gasteiger partial charge in [-0.05, 0) is 55.9 Å². The number of ether oxygens (including phenoxy) is 1. The summed E-state index contributed by atoms with van der Waals surface area (Å²) in [5, 5.41) is 8.76. The highest BCUT2D eigenvalue weighted by atomic mass is 19.1. The standard InChI is InChI=1S/C18H24FNO4/c19-15-6-8-16(9-7-15)24-12-2-4-17(21)20-11-1-3-14(13-20)5-10-18(22)23/h6-9,14H,1-5,10-13H2,(H,22,23). The monoisotopic (exact) mass is 337 g/mol. The van der Waals surface area contributed by atoms with Crippen LogP contribution in [0.5, 0.6) is 5.75 Å². The Labute approximate surface area is 141 Å². The molecule has 1 unspecified atom stereocenters. The van der Waals surface area contributed by atoms with Gasteiger partial charge < -0.3 is 14.7 Å². The summed E-state index contributed by atoms with van der Waals surface area (Å²) in [6.45, 7) is 1.82. The molecule has 1 N–H and O–H groups in total. The quantitative estimate of drug-likeness (QED) is 0.740. The third-order valence-corrected chi connectivity index (χ3v) is 4.26. The smallest absolute Gasteiger partial charge is 0.303 e. The van der Waals surface area contributed by atoms with Gasteiger partial charge in [-0.3, -0.25) is 9.59 Å². The predicted octanol–water partition coefficient (Wildman–Crippen LogP) is 3.09. The molecule has 5 nitrogen and oxygen atoms in total. The molecular weight excluding hydrogens is 313 g/mol. The van der Waals surface area contributed by atoms with Crippen molar-refractivity contribution in [2.45, 2.75) is 38.5 Å². The van der Waals surface area contributed by atoms with Crippen LogP contribution in [0.15, 0.2) is 24.3 Å². The lowest BCUT2D eigenvalue weighted by Gasteiger charge is -2.32. The minimum absolute atomic E-state index is 0.0951. The van der Waals surface area contributed by atoms with E-state index >= 15 is 0 Å². The van der Waals surface area contributed by atoms with Crippen molar-refractivity contribution in [3.8, 4) is 5.75 Å². The highest BCUT2D eigenvalue weighted by Gasteiger charge is 2.23. The molecule has 1 heterocycles. The highest BCUT2D eigenvalue weighted by Crippen LogP contribution is 2.21. The summed E-state index contributed by atoms with van der Waals surface area (Å²) in [5.41, 5.74) is 0. The van der Waals surface area contributed by atoms with Gasteiger partial charge in [0, 0.05) is 25.9 Å². The topological polar surface area (TPSA) is 66.8 Å². The van der Waals surface area contributed by atoms with Crippen molar-refractivity contribution in [2.24, 2.45) is 5.92 Å². The SMILES string of the molecule is O=C(O)CCC1CCCN(C(=O)CCCOc2ccc(F)cc2)C1. The first kappa shape index (κ1) is 18.2. The van der Waals surface area contributed by atoms with E-state index in [1.165, 1.54) is 12.1 Å². The molecule has 2 rings (SSSR count). The Balaban J connectivity index is 1.66. The van der Waals surface area contributed by atoms with Gasteiger partial charge in [0.1, 0.15) is 11.6 Å². The molecule has 1 fully saturated rings. The van der Waals surface area contributed by atoms with Crippen molar-refractivity contribution >= 4 is 11.9 Å². The zero-order valence-electron chi connectivity index (χ0n) is 13.7. The number of benzene rings is 1. The average Bonchev–Trinajstić information content (AvgIpc) is 2.58. The number of aliphatic carboxylic acids is 1.